The van der Waals surface area contributed by atoms with Gasteiger partial charge in [0, 0.05) is 13.1 Å². The molecule has 0 radical (unpaired) electrons. The lowest BCUT2D eigenvalue weighted by atomic mass is 10.2. The van der Waals surface area contributed by atoms with Crippen LogP contribution in [0.5, 0.6) is 11.5 Å². The maximum Gasteiger partial charge on any atom is 0.293 e. The van der Waals surface area contributed by atoms with Gasteiger partial charge in [-0.2, -0.15) is 0 Å². The molecule has 1 aliphatic heterocycles. The Bertz CT molecular complexity index is 947. The van der Waals surface area contributed by atoms with Crippen LogP contribution in [0.15, 0.2) is 47.4 Å². The fourth-order valence-electron chi connectivity index (χ4n) is 2.71. The van der Waals surface area contributed by atoms with E-state index in [2.05, 4.69) is 0 Å². The molecule has 2 aromatic rings. The first-order chi connectivity index (χ1) is 12.3. The van der Waals surface area contributed by atoms with Gasteiger partial charge in [-0.1, -0.05) is 12.1 Å². The summed E-state index contributed by atoms with van der Waals surface area (Å²) >= 11 is 0. The molecule has 0 saturated heterocycles. The van der Waals surface area contributed by atoms with Crippen LogP contribution in [0.1, 0.15) is 0 Å². The molecule has 1 heterocycles. The molecule has 2 aromatic carbocycles. The van der Waals surface area contributed by atoms with Crippen LogP contribution in [0.4, 0.5) is 11.4 Å². The van der Waals surface area contributed by atoms with E-state index in [4.69, 9.17) is 14.6 Å². The zero-order valence-corrected chi connectivity index (χ0v) is 14.7. The van der Waals surface area contributed by atoms with E-state index in [1.165, 1.54) is 12.1 Å². The van der Waals surface area contributed by atoms with Gasteiger partial charge in [0.25, 0.3) is 5.69 Å². The summed E-state index contributed by atoms with van der Waals surface area (Å²) in [5, 5.41) is 16.4. The smallest absolute Gasteiger partial charge is 0.293 e. The molecular formula is C16H17N3O6S. The predicted molar refractivity (Wildman–Crippen MR) is 94.1 cm³/mol. The predicted octanol–water partition coefficient (Wildman–Crippen LogP) is 1.52. The Morgan fingerprint density at radius 1 is 1.27 bits per heavy atom. The molecule has 3 rings (SSSR count). The minimum Gasteiger partial charge on any atom is -0.486 e. The lowest BCUT2D eigenvalue weighted by molar-refractivity contribution is -0.384. The third-order valence-electron chi connectivity index (χ3n) is 3.93. The van der Waals surface area contributed by atoms with Crippen LogP contribution in [0.2, 0.25) is 0 Å². The maximum atomic E-state index is 11.4. The van der Waals surface area contributed by atoms with E-state index in [-0.39, 0.29) is 22.4 Å². The quantitative estimate of drug-likeness (QED) is 0.616. The first-order valence-corrected chi connectivity index (χ1v) is 9.21. The number of rotatable bonds is 5. The number of benzene rings is 2. The van der Waals surface area contributed by atoms with E-state index in [0.717, 1.165) is 6.07 Å². The molecule has 1 atom stereocenters. The standard InChI is InChI=1S/C16H17N3O6S/c1-18(9-11-10-24-15-4-2-3-5-16(15)25-11)13-7-6-12(26(17,22)23)8-14(13)19(20)21/h2-8,11H,9-10H2,1H3,(H2,17,22,23)/t11-/m0/s1. The molecule has 0 unspecified atom stereocenters. The summed E-state index contributed by atoms with van der Waals surface area (Å²) in [5.41, 5.74) is -0.0963. The Morgan fingerprint density at radius 3 is 2.62 bits per heavy atom. The largest absolute Gasteiger partial charge is 0.486 e. The average Bonchev–Trinajstić information content (AvgIpc) is 2.60. The normalized spacial score (nSPS) is 16.2. The molecule has 0 amide bonds. The molecule has 0 saturated carbocycles. The van der Waals surface area contributed by atoms with Gasteiger partial charge in [-0.05, 0) is 24.3 Å². The molecule has 0 aromatic heterocycles. The third-order valence-corrected chi connectivity index (χ3v) is 4.84. The van der Waals surface area contributed by atoms with Gasteiger partial charge in [-0.25, -0.2) is 13.6 Å². The molecule has 138 valence electrons. The molecule has 2 N–H and O–H groups in total. The van der Waals surface area contributed by atoms with Crippen LogP contribution >= 0.6 is 0 Å². The Balaban J connectivity index is 1.82. The number of sulfonamides is 1. The number of nitro groups is 1. The Hall–Kier alpha value is -2.85. The third kappa shape index (κ3) is 3.70. The summed E-state index contributed by atoms with van der Waals surface area (Å²) in [7, 11) is -2.37. The molecule has 9 nitrogen and oxygen atoms in total. The number of likely N-dealkylation sites (N-methyl/N-ethyl adjacent to an activating group) is 1. The van der Waals surface area contributed by atoms with Crippen LogP contribution in [0.3, 0.4) is 0 Å². The second-order valence-corrected chi connectivity index (χ2v) is 7.39. The summed E-state index contributed by atoms with van der Waals surface area (Å²) in [6.07, 6.45) is -0.340. The van der Waals surface area contributed by atoms with E-state index < -0.39 is 14.9 Å². The van der Waals surface area contributed by atoms with Gasteiger partial charge in [0.15, 0.2) is 17.6 Å². The Morgan fingerprint density at radius 2 is 1.96 bits per heavy atom. The minimum absolute atomic E-state index is 0.254. The average molecular weight is 379 g/mol. The lowest BCUT2D eigenvalue weighted by Crippen LogP contribution is -2.39. The van der Waals surface area contributed by atoms with Crippen LogP contribution in [0, 0.1) is 10.1 Å². The second kappa shape index (κ2) is 6.81. The fourth-order valence-corrected chi connectivity index (χ4v) is 3.24. The molecule has 0 spiro atoms. The summed E-state index contributed by atoms with van der Waals surface area (Å²) in [6, 6.07) is 10.8. The van der Waals surface area contributed by atoms with E-state index in [1.807, 2.05) is 12.1 Å². The van der Waals surface area contributed by atoms with Gasteiger partial charge < -0.3 is 14.4 Å². The second-order valence-electron chi connectivity index (χ2n) is 5.83. The number of para-hydroxylation sites is 2. The van der Waals surface area contributed by atoms with Gasteiger partial charge >= 0.3 is 0 Å². The fraction of sp³-hybridized carbons (Fsp3) is 0.250. The zero-order chi connectivity index (χ0) is 18.9. The van der Waals surface area contributed by atoms with Crippen molar-refractivity contribution in [2.75, 3.05) is 25.1 Å². The van der Waals surface area contributed by atoms with Gasteiger partial charge in [-0.15, -0.1) is 0 Å². The van der Waals surface area contributed by atoms with Crippen molar-refractivity contribution in [3.8, 4) is 11.5 Å². The van der Waals surface area contributed by atoms with Gasteiger partial charge in [0.05, 0.1) is 16.4 Å². The molecule has 1 aliphatic rings. The molecular weight excluding hydrogens is 362 g/mol. The topological polar surface area (TPSA) is 125 Å². The van der Waals surface area contributed by atoms with Crippen LogP contribution in [-0.2, 0) is 10.0 Å². The van der Waals surface area contributed by atoms with Crippen molar-refractivity contribution in [2.45, 2.75) is 11.0 Å². The number of ether oxygens (including phenoxy) is 2. The molecule has 0 bridgehead atoms. The first-order valence-electron chi connectivity index (χ1n) is 7.66. The van der Waals surface area contributed by atoms with Crippen molar-refractivity contribution in [1.29, 1.82) is 0 Å². The monoisotopic (exact) mass is 379 g/mol. The Labute approximate surface area is 150 Å². The van der Waals surface area contributed by atoms with Gasteiger partial charge in [-0.3, -0.25) is 10.1 Å². The molecule has 26 heavy (non-hydrogen) atoms. The van der Waals surface area contributed by atoms with E-state index >= 15 is 0 Å². The number of nitrogens with zero attached hydrogens (tertiary/aromatic N) is 2. The number of anilines is 1. The minimum atomic E-state index is -4.03. The van der Waals surface area contributed by atoms with Gasteiger partial charge in [0.1, 0.15) is 12.3 Å². The van der Waals surface area contributed by atoms with Crippen molar-refractivity contribution >= 4 is 21.4 Å². The van der Waals surface area contributed by atoms with Crippen LogP contribution in [-0.4, -0.2) is 39.6 Å². The highest BCUT2D eigenvalue weighted by molar-refractivity contribution is 7.89. The number of primary sulfonamides is 1. The number of nitro benzene ring substituents is 1. The Kier molecular flexibility index (Phi) is 4.70. The zero-order valence-electron chi connectivity index (χ0n) is 13.9. The summed E-state index contributed by atoms with van der Waals surface area (Å²) < 4.78 is 34.3. The molecule has 0 aliphatic carbocycles. The van der Waals surface area contributed by atoms with E-state index in [9.17, 15) is 18.5 Å². The van der Waals surface area contributed by atoms with Gasteiger partial charge in [0.2, 0.25) is 10.0 Å². The number of hydrogen-bond donors (Lipinski definition) is 1. The lowest BCUT2D eigenvalue weighted by Gasteiger charge is -2.30. The highest BCUT2D eigenvalue weighted by Gasteiger charge is 2.26. The van der Waals surface area contributed by atoms with E-state index in [1.54, 1.807) is 24.1 Å². The number of hydrogen-bond acceptors (Lipinski definition) is 7. The summed E-state index contributed by atoms with van der Waals surface area (Å²) in [6.45, 7) is 0.605. The van der Waals surface area contributed by atoms with Crippen molar-refractivity contribution < 1.29 is 22.8 Å². The number of fused-ring (bicyclic) bond motifs is 1. The summed E-state index contributed by atoms with van der Waals surface area (Å²) in [5.74, 6) is 1.26. The highest BCUT2D eigenvalue weighted by Crippen LogP contribution is 2.33. The van der Waals surface area contributed by atoms with Crippen LogP contribution in [0.25, 0.3) is 0 Å². The van der Waals surface area contributed by atoms with Crippen molar-refractivity contribution in [1.82, 2.24) is 0 Å². The van der Waals surface area contributed by atoms with Crippen LogP contribution < -0.4 is 19.5 Å². The SMILES string of the molecule is CN(C[C@H]1COc2ccccc2O1)c1ccc(S(N)(=O)=O)cc1[N+](=O)[O-]. The van der Waals surface area contributed by atoms with E-state index in [0.29, 0.717) is 24.7 Å². The number of nitrogens with two attached hydrogens (primary N) is 1. The first kappa shape index (κ1) is 18.0. The maximum absolute atomic E-state index is 11.4. The molecule has 10 heteroatoms. The highest BCUT2D eigenvalue weighted by atomic mass is 32.2. The summed E-state index contributed by atoms with van der Waals surface area (Å²) in [4.78, 5) is 12.0. The molecule has 0 fully saturated rings. The van der Waals surface area contributed by atoms with Crippen molar-refractivity contribution in [3.63, 3.8) is 0 Å². The van der Waals surface area contributed by atoms with Crippen molar-refractivity contribution in [2.24, 2.45) is 5.14 Å². The van der Waals surface area contributed by atoms with Crippen molar-refractivity contribution in [3.05, 3.63) is 52.6 Å².